The van der Waals surface area contributed by atoms with Gasteiger partial charge in [-0.05, 0) is 51.1 Å². The number of hydrogen-bond donors (Lipinski definition) is 3. The summed E-state index contributed by atoms with van der Waals surface area (Å²) in [5, 5.41) is 17.1. The van der Waals surface area contributed by atoms with Crippen LogP contribution in [0.15, 0.2) is 0 Å². The molecule has 0 aromatic rings. The minimum atomic E-state index is -0.770. The fraction of sp³-hybridized carbons (Fsp3) is 0.895. The molecule has 1 aliphatic carbocycles. The van der Waals surface area contributed by atoms with Crippen molar-refractivity contribution in [3.8, 4) is 0 Å². The predicted octanol–water partition coefficient (Wildman–Crippen LogP) is 1.60. The van der Waals surface area contributed by atoms with Crippen molar-refractivity contribution in [1.82, 2.24) is 15.5 Å². The topological polar surface area (TPSA) is 81.7 Å². The van der Waals surface area contributed by atoms with Crippen LogP contribution in [0.3, 0.4) is 0 Å². The first kappa shape index (κ1) is 21.5. The Morgan fingerprint density at radius 3 is 2.46 bits per heavy atom. The third-order valence-corrected chi connectivity index (χ3v) is 6.40. The molecule has 26 heavy (non-hydrogen) atoms. The van der Waals surface area contributed by atoms with Crippen LogP contribution in [0.5, 0.6) is 0 Å². The highest BCUT2D eigenvalue weighted by Crippen LogP contribution is 2.34. The van der Waals surface area contributed by atoms with Crippen molar-refractivity contribution in [3.05, 3.63) is 0 Å². The van der Waals surface area contributed by atoms with E-state index in [1.54, 1.807) is 0 Å². The van der Waals surface area contributed by atoms with E-state index in [2.05, 4.69) is 17.6 Å². The molecule has 3 rings (SSSR count). The summed E-state index contributed by atoms with van der Waals surface area (Å²) in [6, 6.07) is -0.770. The number of aliphatic hydroxyl groups is 1. The molecule has 7 heteroatoms. The number of nitrogens with zero attached hydrogens (tertiary/aromatic N) is 1. The largest absolute Gasteiger partial charge is 0.390 e. The van der Waals surface area contributed by atoms with Crippen LogP contribution in [-0.4, -0.2) is 59.1 Å². The number of amides is 2. The number of unbranched alkanes of at least 4 members (excludes halogenated alkanes) is 1. The van der Waals surface area contributed by atoms with Crippen molar-refractivity contribution in [2.45, 2.75) is 82.4 Å². The van der Waals surface area contributed by atoms with Crippen molar-refractivity contribution in [3.63, 3.8) is 0 Å². The van der Waals surface area contributed by atoms with E-state index in [0.29, 0.717) is 19.4 Å². The molecule has 0 aromatic heterocycles. The number of halogens is 1. The van der Waals surface area contributed by atoms with E-state index < -0.39 is 17.7 Å². The van der Waals surface area contributed by atoms with Gasteiger partial charge in [0, 0.05) is 6.54 Å². The van der Waals surface area contributed by atoms with Gasteiger partial charge in [0.2, 0.25) is 11.8 Å². The van der Waals surface area contributed by atoms with E-state index in [1.807, 2.05) is 4.90 Å². The fourth-order valence-electron chi connectivity index (χ4n) is 4.80. The fourth-order valence-corrected chi connectivity index (χ4v) is 4.80. The third kappa shape index (κ3) is 4.02. The van der Waals surface area contributed by atoms with Crippen LogP contribution >= 0.6 is 12.4 Å². The number of rotatable bonds is 5. The monoisotopic (exact) mass is 387 g/mol. The molecular formula is C19H34ClN3O3. The standard InChI is InChI=1S/C19H33N3O3.ClH/c1-2-3-13-22-17(24)15(16(23)14-7-5-4-6-8-14)21-18(25)19(22)9-11-20-12-10-19;/h14-16,20,23H,2-13H2,1H3,(H,21,25);1H. The Labute approximate surface area is 162 Å². The summed E-state index contributed by atoms with van der Waals surface area (Å²) in [7, 11) is 0. The van der Waals surface area contributed by atoms with Gasteiger partial charge in [-0.3, -0.25) is 9.59 Å². The molecule has 2 heterocycles. The summed E-state index contributed by atoms with van der Waals surface area (Å²) in [6.07, 6.45) is 7.72. The SMILES string of the molecule is CCCCN1C(=O)C(C(O)C2CCCCC2)NC(=O)C12CCNCC2.Cl. The molecular weight excluding hydrogens is 354 g/mol. The van der Waals surface area contributed by atoms with Crippen LogP contribution in [0.2, 0.25) is 0 Å². The normalized spacial score (nSPS) is 27.8. The van der Waals surface area contributed by atoms with Crippen LogP contribution in [0, 0.1) is 5.92 Å². The van der Waals surface area contributed by atoms with E-state index >= 15 is 0 Å². The maximum atomic E-state index is 13.3. The molecule has 3 N–H and O–H groups in total. The second-order valence-electron chi connectivity index (χ2n) is 7.96. The third-order valence-electron chi connectivity index (χ3n) is 6.40. The van der Waals surface area contributed by atoms with Crippen LogP contribution in [0.1, 0.15) is 64.7 Å². The van der Waals surface area contributed by atoms with Gasteiger partial charge >= 0.3 is 0 Å². The lowest BCUT2D eigenvalue weighted by molar-refractivity contribution is -0.164. The Bertz CT molecular complexity index is 490. The van der Waals surface area contributed by atoms with Crippen molar-refractivity contribution in [1.29, 1.82) is 0 Å². The molecule has 0 radical (unpaired) electrons. The van der Waals surface area contributed by atoms with Gasteiger partial charge in [0.15, 0.2) is 0 Å². The molecule has 3 aliphatic rings. The first-order valence-corrected chi connectivity index (χ1v) is 10.1. The van der Waals surface area contributed by atoms with Crippen molar-refractivity contribution in [2.24, 2.45) is 5.92 Å². The maximum Gasteiger partial charge on any atom is 0.248 e. The summed E-state index contributed by atoms with van der Waals surface area (Å²) >= 11 is 0. The molecule has 3 fully saturated rings. The zero-order valence-corrected chi connectivity index (χ0v) is 16.7. The molecule has 2 amide bonds. The summed E-state index contributed by atoms with van der Waals surface area (Å²) < 4.78 is 0. The second kappa shape index (κ2) is 9.38. The van der Waals surface area contributed by atoms with Gasteiger partial charge in [-0.25, -0.2) is 0 Å². The number of piperazine rings is 1. The van der Waals surface area contributed by atoms with E-state index in [9.17, 15) is 14.7 Å². The average molecular weight is 388 g/mol. The quantitative estimate of drug-likeness (QED) is 0.669. The van der Waals surface area contributed by atoms with Gasteiger partial charge in [0.25, 0.3) is 0 Å². The van der Waals surface area contributed by atoms with Gasteiger partial charge in [0.1, 0.15) is 11.6 Å². The zero-order chi connectivity index (χ0) is 17.9. The number of aliphatic hydroxyl groups excluding tert-OH is 1. The Morgan fingerprint density at radius 2 is 1.85 bits per heavy atom. The summed E-state index contributed by atoms with van der Waals surface area (Å²) in [5.41, 5.74) is -0.722. The molecule has 2 atom stereocenters. The zero-order valence-electron chi connectivity index (χ0n) is 15.8. The van der Waals surface area contributed by atoms with Gasteiger partial charge in [-0.1, -0.05) is 32.6 Å². The Morgan fingerprint density at radius 1 is 1.19 bits per heavy atom. The molecule has 0 bridgehead atoms. The van der Waals surface area contributed by atoms with Crippen molar-refractivity contribution in [2.75, 3.05) is 19.6 Å². The second-order valence-corrected chi connectivity index (χ2v) is 7.96. The predicted molar refractivity (Wildman–Crippen MR) is 103 cm³/mol. The van der Waals surface area contributed by atoms with Gasteiger partial charge in [-0.2, -0.15) is 0 Å². The highest BCUT2D eigenvalue weighted by molar-refractivity contribution is 6.00. The minimum Gasteiger partial charge on any atom is -0.390 e. The molecule has 1 saturated carbocycles. The Hall–Kier alpha value is -0.850. The van der Waals surface area contributed by atoms with Crippen molar-refractivity contribution < 1.29 is 14.7 Å². The van der Waals surface area contributed by atoms with E-state index in [0.717, 1.165) is 51.6 Å². The molecule has 0 aromatic carbocycles. The highest BCUT2D eigenvalue weighted by Gasteiger charge is 2.54. The minimum absolute atomic E-state index is 0. The number of hydrogen-bond acceptors (Lipinski definition) is 4. The van der Waals surface area contributed by atoms with Crippen LogP contribution in [0.25, 0.3) is 0 Å². The van der Waals surface area contributed by atoms with Crippen LogP contribution in [-0.2, 0) is 9.59 Å². The molecule has 6 nitrogen and oxygen atoms in total. The number of carbonyl (C=O) groups is 2. The molecule has 2 unspecified atom stereocenters. The smallest absolute Gasteiger partial charge is 0.248 e. The highest BCUT2D eigenvalue weighted by atomic mass is 35.5. The van der Waals surface area contributed by atoms with E-state index in [1.165, 1.54) is 6.42 Å². The number of piperidine rings is 1. The summed E-state index contributed by atoms with van der Waals surface area (Å²) in [5.74, 6) is -0.0179. The molecule has 2 saturated heterocycles. The van der Waals surface area contributed by atoms with Crippen LogP contribution < -0.4 is 10.6 Å². The Kier molecular flexibility index (Phi) is 7.74. The first-order valence-electron chi connectivity index (χ1n) is 10.1. The van der Waals surface area contributed by atoms with Crippen LogP contribution in [0.4, 0.5) is 0 Å². The van der Waals surface area contributed by atoms with Gasteiger partial charge in [0.05, 0.1) is 6.10 Å². The van der Waals surface area contributed by atoms with E-state index in [4.69, 9.17) is 0 Å². The maximum absolute atomic E-state index is 13.3. The Balaban J connectivity index is 0.00000243. The van der Waals surface area contributed by atoms with Gasteiger partial charge in [-0.15, -0.1) is 12.4 Å². The molecule has 1 spiro atoms. The summed E-state index contributed by atoms with van der Waals surface area (Å²) in [4.78, 5) is 28.1. The molecule has 150 valence electrons. The lowest BCUT2D eigenvalue weighted by Crippen LogP contribution is -2.75. The average Bonchev–Trinajstić information content (AvgIpc) is 2.66. The lowest BCUT2D eigenvalue weighted by Gasteiger charge is -2.51. The van der Waals surface area contributed by atoms with E-state index in [-0.39, 0.29) is 30.1 Å². The lowest BCUT2D eigenvalue weighted by atomic mass is 9.78. The van der Waals surface area contributed by atoms with Crippen molar-refractivity contribution >= 4 is 24.2 Å². The molecule has 2 aliphatic heterocycles. The summed E-state index contributed by atoms with van der Waals surface area (Å²) in [6.45, 7) is 4.20. The number of carbonyl (C=O) groups excluding carboxylic acids is 2. The van der Waals surface area contributed by atoms with Gasteiger partial charge < -0.3 is 20.6 Å². The first-order chi connectivity index (χ1) is 12.1. The number of nitrogens with one attached hydrogen (secondary N) is 2.